The Hall–Kier alpha value is -0.430. The lowest BCUT2D eigenvalue weighted by Crippen LogP contribution is -2.41. The molecule has 0 bridgehead atoms. The molecule has 1 atom stereocenters. The van der Waals surface area contributed by atoms with E-state index in [-0.39, 0.29) is 12.6 Å². The molecule has 0 spiro atoms. The van der Waals surface area contributed by atoms with Gasteiger partial charge in [-0.15, -0.1) is 11.3 Å². The molecule has 18 heavy (non-hydrogen) atoms. The molecule has 1 aliphatic heterocycles. The molecule has 0 aliphatic carbocycles. The van der Waals surface area contributed by atoms with Crippen molar-refractivity contribution in [3.8, 4) is 0 Å². The molecule has 1 fully saturated rings. The maximum atomic E-state index is 12.5. The Kier molecular flexibility index (Phi) is 4.42. The van der Waals surface area contributed by atoms with Crippen LogP contribution in [0.2, 0.25) is 0 Å². The van der Waals surface area contributed by atoms with Crippen molar-refractivity contribution in [3.05, 3.63) is 17.0 Å². The number of hydrogen-bond donors (Lipinski definition) is 1. The number of thiophene rings is 1. The fraction of sp³-hybridized carbons (Fsp3) is 0.667. The van der Waals surface area contributed by atoms with E-state index < -0.39 is 10.0 Å². The lowest BCUT2D eigenvalue weighted by atomic mass is 10.1. The van der Waals surface area contributed by atoms with Gasteiger partial charge in [0.05, 0.1) is 0 Å². The molecule has 2 heterocycles. The first kappa shape index (κ1) is 14.0. The molecular formula is C12H19NO3S2. The van der Waals surface area contributed by atoms with Crippen molar-refractivity contribution < 1.29 is 13.5 Å². The summed E-state index contributed by atoms with van der Waals surface area (Å²) in [4.78, 5) is 0.917. The molecule has 2 rings (SSSR count). The highest BCUT2D eigenvalue weighted by atomic mass is 32.2. The first-order valence-corrected chi connectivity index (χ1v) is 8.53. The Morgan fingerprint density at radius 3 is 2.89 bits per heavy atom. The van der Waals surface area contributed by atoms with Gasteiger partial charge < -0.3 is 5.11 Å². The van der Waals surface area contributed by atoms with Gasteiger partial charge in [-0.1, -0.05) is 6.42 Å². The zero-order valence-electron chi connectivity index (χ0n) is 10.5. The number of hydrogen-bond acceptors (Lipinski definition) is 4. The summed E-state index contributed by atoms with van der Waals surface area (Å²) in [5, 5.41) is 8.87. The van der Waals surface area contributed by atoms with Crippen LogP contribution >= 0.6 is 11.3 Å². The minimum atomic E-state index is -3.34. The van der Waals surface area contributed by atoms with E-state index in [0.29, 0.717) is 17.2 Å². The monoisotopic (exact) mass is 289 g/mol. The smallest absolute Gasteiger partial charge is 0.252 e. The second kappa shape index (κ2) is 5.69. The van der Waals surface area contributed by atoms with E-state index in [1.165, 1.54) is 11.3 Å². The normalized spacial score (nSPS) is 22.2. The zero-order valence-corrected chi connectivity index (χ0v) is 12.1. The standard InChI is InChI=1S/C12H19NO3S2/c1-10-4-2-3-8-13(10)18(15,16)12-6-5-11(17-12)7-9-14/h5-6,10,14H,2-4,7-9H2,1H3. The van der Waals surface area contributed by atoms with Crippen LogP contribution in [0.1, 0.15) is 31.1 Å². The lowest BCUT2D eigenvalue weighted by molar-refractivity contribution is 0.269. The molecule has 1 saturated heterocycles. The highest BCUT2D eigenvalue weighted by Crippen LogP contribution is 2.29. The van der Waals surface area contributed by atoms with E-state index in [2.05, 4.69) is 0 Å². The van der Waals surface area contributed by atoms with Gasteiger partial charge in [0, 0.05) is 30.5 Å². The largest absolute Gasteiger partial charge is 0.396 e. The first-order valence-electron chi connectivity index (χ1n) is 6.27. The van der Waals surface area contributed by atoms with E-state index in [1.807, 2.05) is 6.92 Å². The average molecular weight is 289 g/mol. The first-order chi connectivity index (χ1) is 8.55. The number of sulfonamides is 1. The van der Waals surface area contributed by atoms with Gasteiger partial charge >= 0.3 is 0 Å². The Morgan fingerprint density at radius 2 is 2.22 bits per heavy atom. The Labute approximate surface area is 112 Å². The molecule has 4 nitrogen and oxygen atoms in total. The fourth-order valence-electron chi connectivity index (χ4n) is 2.29. The number of nitrogens with zero attached hydrogens (tertiary/aromatic N) is 1. The van der Waals surface area contributed by atoms with Crippen LogP contribution in [-0.4, -0.2) is 37.0 Å². The summed E-state index contributed by atoms with van der Waals surface area (Å²) in [5.41, 5.74) is 0. The van der Waals surface area contributed by atoms with Gasteiger partial charge in [0.1, 0.15) is 4.21 Å². The van der Waals surface area contributed by atoms with Crippen LogP contribution in [-0.2, 0) is 16.4 Å². The lowest BCUT2D eigenvalue weighted by Gasteiger charge is -2.31. The van der Waals surface area contributed by atoms with E-state index in [0.717, 1.165) is 24.1 Å². The van der Waals surface area contributed by atoms with Crippen molar-refractivity contribution in [3.63, 3.8) is 0 Å². The van der Waals surface area contributed by atoms with Crippen LogP contribution in [0.4, 0.5) is 0 Å². The topological polar surface area (TPSA) is 57.6 Å². The van der Waals surface area contributed by atoms with Gasteiger partial charge in [0.15, 0.2) is 0 Å². The zero-order chi connectivity index (χ0) is 13.2. The van der Waals surface area contributed by atoms with E-state index in [1.54, 1.807) is 16.4 Å². The Balaban J connectivity index is 2.23. The number of piperidine rings is 1. The molecule has 0 aromatic carbocycles. The highest BCUT2D eigenvalue weighted by Gasteiger charge is 2.31. The number of rotatable bonds is 4. The van der Waals surface area contributed by atoms with Gasteiger partial charge in [-0.2, -0.15) is 4.31 Å². The summed E-state index contributed by atoms with van der Waals surface area (Å²) in [7, 11) is -3.34. The molecule has 0 saturated carbocycles. The maximum absolute atomic E-state index is 12.5. The SMILES string of the molecule is CC1CCCCN1S(=O)(=O)c1ccc(CCO)s1. The second-order valence-corrected chi connectivity index (χ2v) is 7.94. The van der Waals surface area contributed by atoms with Crippen LogP contribution in [0, 0.1) is 0 Å². The molecule has 1 aromatic heterocycles. The van der Waals surface area contributed by atoms with Crippen LogP contribution in [0.3, 0.4) is 0 Å². The number of aliphatic hydroxyl groups is 1. The molecule has 1 unspecified atom stereocenters. The minimum absolute atomic E-state index is 0.0557. The predicted octanol–water partition coefficient (Wildman–Crippen LogP) is 1.85. The van der Waals surface area contributed by atoms with Gasteiger partial charge in [-0.05, 0) is 31.9 Å². The molecule has 6 heteroatoms. The van der Waals surface area contributed by atoms with Crippen LogP contribution in [0.25, 0.3) is 0 Å². The average Bonchev–Trinajstić information content (AvgIpc) is 2.79. The third-order valence-corrected chi connectivity index (χ3v) is 6.93. The minimum Gasteiger partial charge on any atom is -0.396 e. The van der Waals surface area contributed by atoms with Crippen molar-refractivity contribution in [2.45, 2.75) is 42.9 Å². The summed E-state index contributed by atoms with van der Waals surface area (Å²) >= 11 is 1.27. The van der Waals surface area contributed by atoms with Crippen molar-refractivity contribution in [2.24, 2.45) is 0 Å². The third kappa shape index (κ3) is 2.77. The van der Waals surface area contributed by atoms with Gasteiger partial charge in [0.25, 0.3) is 10.0 Å². The van der Waals surface area contributed by atoms with E-state index in [4.69, 9.17) is 5.11 Å². The van der Waals surface area contributed by atoms with Gasteiger partial charge in [-0.25, -0.2) is 8.42 Å². The second-order valence-electron chi connectivity index (χ2n) is 4.65. The van der Waals surface area contributed by atoms with Crippen molar-refractivity contribution >= 4 is 21.4 Å². The molecule has 1 N–H and O–H groups in total. The summed E-state index contributed by atoms with van der Waals surface area (Å²) in [5.74, 6) is 0. The van der Waals surface area contributed by atoms with Gasteiger partial charge in [0.2, 0.25) is 0 Å². The predicted molar refractivity (Wildman–Crippen MR) is 72.3 cm³/mol. The Morgan fingerprint density at radius 1 is 1.44 bits per heavy atom. The van der Waals surface area contributed by atoms with Gasteiger partial charge in [-0.3, -0.25) is 0 Å². The van der Waals surface area contributed by atoms with Crippen molar-refractivity contribution in [1.29, 1.82) is 0 Å². The van der Waals surface area contributed by atoms with E-state index >= 15 is 0 Å². The van der Waals surface area contributed by atoms with E-state index in [9.17, 15) is 8.42 Å². The van der Waals surface area contributed by atoms with Crippen molar-refractivity contribution in [2.75, 3.05) is 13.2 Å². The summed E-state index contributed by atoms with van der Waals surface area (Å²) in [6.07, 6.45) is 3.51. The van der Waals surface area contributed by atoms with Crippen LogP contribution < -0.4 is 0 Å². The molecule has 0 amide bonds. The summed E-state index contributed by atoms with van der Waals surface area (Å²) < 4.78 is 27.0. The molecule has 1 aromatic rings. The van der Waals surface area contributed by atoms with Crippen molar-refractivity contribution in [1.82, 2.24) is 4.31 Å². The molecule has 1 aliphatic rings. The highest BCUT2D eigenvalue weighted by molar-refractivity contribution is 7.91. The van der Waals surface area contributed by atoms with Crippen LogP contribution in [0.15, 0.2) is 16.3 Å². The molecular weight excluding hydrogens is 270 g/mol. The third-order valence-electron chi connectivity index (χ3n) is 3.30. The maximum Gasteiger partial charge on any atom is 0.252 e. The fourth-order valence-corrected chi connectivity index (χ4v) is 5.46. The summed E-state index contributed by atoms with van der Waals surface area (Å²) in [6.45, 7) is 2.65. The van der Waals surface area contributed by atoms with Crippen LogP contribution in [0.5, 0.6) is 0 Å². The summed E-state index contributed by atoms with van der Waals surface area (Å²) in [6, 6.07) is 3.54. The Bertz CT molecular complexity index is 495. The quantitative estimate of drug-likeness (QED) is 0.920. The number of aliphatic hydroxyl groups excluding tert-OH is 1. The molecule has 102 valence electrons. The molecule has 0 radical (unpaired) electrons.